The van der Waals surface area contributed by atoms with Crippen molar-refractivity contribution in [3.63, 3.8) is 0 Å². The van der Waals surface area contributed by atoms with Crippen molar-refractivity contribution in [1.82, 2.24) is 4.98 Å². The van der Waals surface area contributed by atoms with Crippen molar-refractivity contribution in [2.75, 3.05) is 23.7 Å². The van der Waals surface area contributed by atoms with Crippen molar-refractivity contribution in [3.05, 3.63) is 42.3 Å². The molecule has 1 aromatic heterocycles. The number of anilines is 2. The number of rotatable bonds is 3. The minimum Gasteiger partial charge on any atom is -0.457 e. The van der Waals surface area contributed by atoms with Gasteiger partial charge in [-0.1, -0.05) is 0 Å². The van der Waals surface area contributed by atoms with E-state index in [-0.39, 0.29) is 30.9 Å². The minimum absolute atomic E-state index is 0.0297. The van der Waals surface area contributed by atoms with Crippen LogP contribution in [0, 0.1) is 5.82 Å². The first-order valence-electron chi connectivity index (χ1n) is 6.75. The van der Waals surface area contributed by atoms with Crippen LogP contribution in [0.15, 0.2) is 36.5 Å². The highest BCUT2D eigenvalue weighted by atomic mass is 19.3. The van der Waals surface area contributed by atoms with Crippen LogP contribution >= 0.6 is 0 Å². The molecule has 3 rings (SSSR count). The van der Waals surface area contributed by atoms with Crippen molar-refractivity contribution in [2.45, 2.75) is 12.3 Å². The van der Waals surface area contributed by atoms with E-state index in [0.717, 1.165) is 0 Å². The summed E-state index contributed by atoms with van der Waals surface area (Å²) in [4.78, 5) is 5.58. The maximum Gasteiger partial charge on any atom is 0.266 e. The Labute approximate surface area is 125 Å². The lowest BCUT2D eigenvalue weighted by atomic mass is 10.3. The molecule has 0 bridgehead atoms. The fourth-order valence-electron chi connectivity index (χ4n) is 2.27. The van der Waals surface area contributed by atoms with Crippen LogP contribution in [0.2, 0.25) is 0 Å². The lowest BCUT2D eigenvalue weighted by molar-refractivity contribution is 0.0256. The topological polar surface area (TPSA) is 51.4 Å². The normalized spacial score (nSPS) is 16.8. The first kappa shape index (κ1) is 14.5. The Balaban J connectivity index is 1.78. The van der Waals surface area contributed by atoms with Crippen LogP contribution in [0.25, 0.3) is 0 Å². The van der Waals surface area contributed by atoms with E-state index in [1.54, 1.807) is 12.1 Å². The largest absolute Gasteiger partial charge is 0.457 e. The third-order valence-corrected chi connectivity index (χ3v) is 3.42. The summed E-state index contributed by atoms with van der Waals surface area (Å²) in [5.74, 6) is -2.20. The molecule has 0 spiro atoms. The molecule has 0 radical (unpaired) electrons. The zero-order valence-electron chi connectivity index (χ0n) is 11.6. The van der Waals surface area contributed by atoms with Crippen LogP contribution in [0.5, 0.6) is 11.5 Å². The quantitative estimate of drug-likeness (QED) is 0.882. The monoisotopic (exact) mass is 309 g/mol. The Hall–Kier alpha value is -2.44. The molecule has 1 aliphatic rings. The molecule has 1 fully saturated rings. The minimum atomic E-state index is -2.70. The van der Waals surface area contributed by atoms with E-state index >= 15 is 0 Å². The summed E-state index contributed by atoms with van der Waals surface area (Å²) in [6.45, 7) is -0.125. The van der Waals surface area contributed by atoms with Crippen LogP contribution in [0.3, 0.4) is 0 Å². The molecule has 2 N–H and O–H groups in total. The molecular weight excluding hydrogens is 295 g/mol. The highest BCUT2D eigenvalue weighted by Gasteiger charge is 2.38. The summed E-state index contributed by atoms with van der Waals surface area (Å²) in [5, 5.41) is 0. The number of hydrogen-bond acceptors (Lipinski definition) is 4. The van der Waals surface area contributed by atoms with Crippen molar-refractivity contribution in [3.8, 4) is 11.5 Å². The number of benzene rings is 1. The van der Waals surface area contributed by atoms with Crippen molar-refractivity contribution in [1.29, 1.82) is 0 Å². The molecule has 0 amide bonds. The zero-order valence-corrected chi connectivity index (χ0v) is 11.6. The van der Waals surface area contributed by atoms with Gasteiger partial charge in [-0.3, -0.25) is 0 Å². The summed E-state index contributed by atoms with van der Waals surface area (Å²) in [5.41, 5.74) is 5.43. The van der Waals surface area contributed by atoms with Crippen LogP contribution in [-0.4, -0.2) is 24.0 Å². The van der Waals surface area contributed by atoms with Gasteiger partial charge in [-0.05, 0) is 18.2 Å². The Morgan fingerprint density at radius 2 is 1.95 bits per heavy atom. The maximum absolute atomic E-state index is 13.4. The van der Waals surface area contributed by atoms with Gasteiger partial charge in [-0.25, -0.2) is 18.2 Å². The molecule has 0 unspecified atom stereocenters. The number of aromatic nitrogens is 1. The first-order chi connectivity index (χ1) is 10.4. The highest BCUT2D eigenvalue weighted by Crippen LogP contribution is 2.32. The number of alkyl halides is 2. The van der Waals surface area contributed by atoms with Gasteiger partial charge in [0, 0.05) is 31.3 Å². The second kappa shape index (κ2) is 5.40. The zero-order chi connectivity index (χ0) is 15.7. The summed E-state index contributed by atoms with van der Waals surface area (Å²) in [7, 11) is 0. The molecule has 2 aromatic rings. The molecule has 0 saturated carbocycles. The molecule has 0 aliphatic carbocycles. The molecule has 7 heteroatoms. The number of ether oxygens (including phenoxy) is 1. The van der Waals surface area contributed by atoms with E-state index in [9.17, 15) is 13.2 Å². The Kier molecular flexibility index (Phi) is 3.56. The fraction of sp³-hybridized carbons (Fsp3) is 0.267. The average Bonchev–Trinajstić information content (AvgIpc) is 2.84. The summed E-state index contributed by atoms with van der Waals surface area (Å²) in [6, 6.07) is 7.22. The molecule has 2 heterocycles. The van der Waals surface area contributed by atoms with Crippen molar-refractivity contribution < 1.29 is 17.9 Å². The van der Waals surface area contributed by atoms with Gasteiger partial charge in [0.2, 0.25) is 0 Å². The Bertz CT molecular complexity index is 693. The Morgan fingerprint density at radius 1 is 1.18 bits per heavy atom. The van der Waals surface area contributed by atoms with E-state index in [2.05, 4.69) is 4.98 Å². The van der Waals surface area contributed by atoms with Crippen LogP contribution in [0.4, 0.5) is 24.7 Å². The van der Waals surface area contributed by atoms with Gasteiger partial charge in [-0.15, -0.1) is 0 Å². The molecule has 116 valence electrons. The number of nitrogen functional groups attached to an aromatic ring is 1. The van der Waals surface area contributed by atoms with Crippen LogP contribution in [0.1, 0.15) is 6.42 Å². The van der Waals surface area contributed by atoms with Gasteiger partial charge in [-0.2, -0.15) is 0 Å². The van der Waals surface area contributed by atoms with Crippen molar-refractivity contribution >= 4 is 11.5 Å². The van der Waals surface area contributed by atoms with E-state index in [1.807, 2.05) is 0 Å². The Morgan fingerprint density at radius 3 is 2.64 bits per heavy atom. The van der Waals surface area contributed by atoms with Gasteiger partial charge in [0.1, 0.15) is 23.1 Å². The highest BCUT2D eigenvalue weighted by molar-refractivity contribution is 5.48. The molecule has 1 saturated heterocycles. The molecule has 4 nitrogen and oxygen atoms in total. The van der Waals surface area contributed by atoms with Gasteiger partial charge in [0.15, 0.2) is 0 Å². The summed E-state index contributed by atoms with van der Waals surface area (Å²) >= 11 is 0. The fourth-order valence-corrected chi connectivity index (χ4v) is 2.27. The molecular formula is C15H14F3N3O. The molecule has 22 heavy (non-hydrogen) atoms. The van der Waals surface area contributed by atoms with Gasteiger partial charge >= 0.3 is 0 Å². The summed E-state index contributed by atoms with van der Waals surface area (Å²) < 4.78 is 45.4. The first-order valence-corrected chi connectivity index (χ1v) is 6.75. The lowest BCUT2D eigenvalue weighted by Crippen LogP contribution is -2.25. The van der Waals surface area contributed by atoms with Gasteiger partial charge < -0.3 is 15.4 Å². The van der Waals surface area contributed by atoms with E-state index in [4.69, 9.17) is 10.5 Å². The molecule has 1 aromatic carbocycles. The standard InChI is InChI=1S/C15H14F3N3O/c16-12-7-10(1-2-13(12)19)22-11-3-5-20-14(8-11)21-6-4-15(17,18)9-21/h1-3,5,7-8H,4,6,9,19H2. The number of pyridine rings is 1. The van der Waals surface area contributed by atoms with Crippen LogP contribution in [-0.2, 0) is 0 Å². The average molecular weight is 309 g/mol. The predicted molar refractivity (Wildman–Crippen MR) is 76.9 cm³/mol. The second-order valence-corrected chi connectivity index (χ2v) is 5.16. The third kappa shape index (κ3) is 3.08. The third-order valence-electron chi connectivity index (χ3n) is 3.42. The molecule has 0 atom stereocenters. The van der Waals surface area contributed by atoms with E-state index in [1.165, 1.54) is 29.3 Å². The number of halogens is 3. The SMILES string of the molecule is Nc1ccc(Oc2ccnc(N3CCC(F)(F)C3)c2)cc1F. The number of nitrogens with zero attached hydrogens (tertiary/aromatic N) is 2. The van der Waals surface area contributed by atoms with Gasteiger partial charge in [0.05, 0.1) is 12.2 Å². The number of hydrogen-bond donors (Lipinski definition) is 1. The summed E-state index contributed by atoms with van der Waals surface area (Å²) in [6.07, 6.45) is 1.28. The van der Waals surface area contributed by atoms with Crippen molar-refractivity contribution in [2.24, 2.45) is 0 Å². The van der Waals surface area contributed by atoms with Crippen LogP contribution < -0.4 is 15.4 Å². The number of nitrogens with two attached hydrogens (primary N) is 1. The second-order valence-electron chi connectivity index (χ2n) is 5.16. The van der Waals surface area contributed by atoms with Gasteiger partial charge in [0.25, 0.3) is 5.92 Å². The van der Waals surface area contributed by atoms with E-state index in [0.29, 0.717) is 11.6 Å². The lowest BCUT2D eigenvalue weighted by Gasteiger charge is -2.17. The molecule has 1 aliphatic heterocycles. The predicted octanol–water partition coefficient (Wildman–Crippen LogP) is 3.44. The van der Waals surface area contributed by atoms with E-state index < -0.39 is 11.7 Å². The smallest absolute Gasteiger partial charge is 0.266 e. The maximum atomic E-state index is 13.4.